The third-order valence-corrected chi connectivity index (χ3v) is 4.75. The van der Waals surface area contributed by atoms with E-state index in [0.717, 1.165) is 41.8 Å². The largest absolute Gasteiger partial charge is 0.325 e. The molecule has 108 valence electrons. The summed E-state index contributed by atoms with van der Waals surface area (Å²) < 4.78 is 1.86. The Hall–Kier alpha value is -2.17. The van der Waals surface area contributed by atoms with E-state index in [9.17, 15) is 4.79 Å². The molecule has 5 heteroatoms. The number of para-hydroxylation sites is 1. The lowest BCUT2D eigenvalue weighted by Crippen LogP contribution is -2.22. The molecule has 0 spiro atoms. The van der Waals surface area contributed by atoms with Crippen LogP contribution in [0.15, 0.2) is 30.6 Å². The summed E-state index contributed by atoms with van der Waals surface area (Å²) in [6.45, 7) is 0. The van der Waals surface area contributed by atoms with Crippen molar-refractivity contribution in [2.75, 3.05) is 5.32 Å². The highest BCUT2D eigenvalue weighted by molar-refractivity contribution is 5.96. The number of carbonyl (C=O) groups excluding carboxylic acids is 1. The van der Waals surface area contributed by atoms with E-state index in [1.54, 1.807) is 6.33 Å². The monoisotopic (exact) mass is 282 g/mol. The standard InChI is InChI=1S/C16H18N4O/c1-20-9-17-19-15(20)13-4-2-3-5-14(13)18-16(21)12-7-10-6-11(10)8-12/h2-5,9-12H,6-8H2,1H3,(H,18,21). The molecule has 1 amide bonds. The highest BCUT2D eigenvalue weighted by Gasteiger charge is 2.48. The molecule has 2 aliphatic carbocycles. The second-order valence-corrected chi connectivity index (χ2v) is 6.22. The summed E-state index contributed by atoms with van der Waals surface area (Å²) in [4.78, 5) is 12.4. The van der Waals surface area contributed by atoms with Crippen molar-refractivity contribution in [1.29, 1.82) is 0 Å². The van der Waals surface area contributed by atoms with Crippen LogP contribution in [0.1, 0.15) is 19.3 Å². The average molecular weight is 282 g/mol. The molecule has 4 rings (SSSR count). The zero-order valence-corrected chi connectivity index (χ0v) is 12.0. The Labute approximate surface area is 123 Å². The van der Waals surface area contributed by atoms with Gasteiger partial charge in [0.25, 0.3) is 0 Å². The van der Waals surface area contributed by atoms with Crippen LogP contribution < -0.4 is 5.32 Å². The number of carbonyl (C=O) groups is 1. The molecule has 1 N–H and O–H groups in total. The van der Waals surface area contributed by atoms with E-state index in [-0.39, 0.29) is 11.8 Å². The first-order chi connectivity index (χ1) is 10.2. The maximum atomic E-state index is 12.4. The fraction of sp³-hybridized carbons (Fsp3) is 0.438. The number of amides is 1. The van der Waals surface area contributed by atoms with Gasteiger partial charge in [-0.3, -0.25) is 4.79 Å². The van der Waals surface area contributed by atoms with E-state index >= 15 is 0 Å². The van der Waals surface area contributed by atoms with Crippen LogP contribution in [0.2, 0.25) is 0 Å². The Morgan fingerprint density at radius 3 is 2.71 bits per heavy atom. The van der Waals surface area contributed by atoms with Crippen molar-refractivity contribution in [3.63, 3.8) is 0 Å². The van der Waals surface area contributed by atoms with Gasteiger partial charge in [0, 0.05) is 18.5 Å². The number of rotatable bonds is 3. The lowest BCUT2D eigenvalue weighted by atomic mass is 10.0. The number of hydrogen-bond acceptors (Lipinski definition) is 3. The van der Waals surface area contributed by atoms with Crippen molar-refractivity contribution in [1.82, 2.24) is 14.8 Å². The molecule has 0 radical (unpaired) electrons. The van der Waals surface area contributed by atoms with E-state index in [0.29, 0.717) is 0 Å². The Morgan fingerprint density at radius 1 is 1.24 bits per heavy atom. The molecule has 0 saturated heterocycles. The van der Waals surface area contributed by atoms with E-state index < -0.39 is 0 Å². The van der Waals surface area contributed by atoms with Gasteiger partial charge in [-0.1, -0.05) is 12.1 Å². The Morgan fingerprint density at radius 2 is 2.00 bits per heavy atom. The predicted molar refractivity (Wildman–Crippen MR) is 79.4 cm³/mol. The molecule has 1 heterocycles. The second kappa shape index (κ2) is 4.69. The molecule has 0 aliphatic heterocycles. The molecule has 2 saturated carbocycles. The minimum Gasteiger partial charge on any atom is -0.325 e. The van der Waals surface area contributed by atoms with Crippen LogP contribution in [0, 0.1) is 17.8 Å². The number of benzene rings is 1. The molecule has 5 nitrogen and oxygen atoms in total. The van der Waals surface area contributed by atoms with E-state index in [2.05, 4.69) is 15.5 Å². The van der Waals surface area contributed by atoms with Crippen LogP contribution in [-0.4, -0.2) is 20.7 Å². The predicted octanol–water partition coefficient (Wildman–Crippen LogP) is 2.47. The zero-order chi connectivity index (χ0) is 14.4. The van der Waals surface area contributed by atoms with Gasteiger partial charge in [-0.25, -0.2) is 0 Å². The summed E-state index contributed by atoms with van der Waals surface area (Å²) in [5.74, 6) is 2.72. The molecule has 0 bridgehead atoms. The Kier molecular flexibility index (Phi) is 2.80. The van der Waals surface area contributed by atoms with Gasteiger partial charge in [0.15, 0.2) is 5.82 Å². The molecule has 2 aliphatic rings. The number of nitrogens with zero attached hydrogens (tertiary/aromatic N) is 3. The molecular formula is C16H18N4O. The fourth-order valence-electron chi connectivity index (χ4n) is 3.48. The normalized spacial score (nSPS) is 26.4. The second-order valence-electron chi connectivity index (χ2n) is 6.22. The molecule has 2 fully saturated rings. The van der Waals surface area contributed by atoms with Crippen molar-refractivity contribution < 1.29 is 4.79 Å². The maximum absolute atomic E-state index is 12.4. The fourth-order valence-corrected chi connectivity index (χ4v) is 3.48. The van der Waals surface area contributed by atoms with Crippen molar-refractivity contribution in [2.24, 2.45) is 24.8 Å². The van der Waals surface area contributed by atoms with Crippen molar-refractivity contribution in [3.8, 4) is 11.4 Å². The van der Waals surface area contributed by atoms with Crippen molar-refractivity contribution >= 4 is 11.6 Å². The summed E-state index contributed by atoms with van der Waals surface area (Å²) in [5, 5.41) is 11.1. The third-order valence-electron chi connectivity index (χ3n) is 4.75. The number of anilines is 1. The summed E-state index contributed by atoms with van der Waals surface area (Å²) >= 11 is 0. The van der Waals surface area contributed by atoms with Gasteiger partial charge >= 0.3 is 0 Å². The highest BCUT2D eigenvalue weighted by Crippen LogP contribution is 2.54. The first kappa shape index (κ1) is 12.6. The third kappa shape index (κ3) is 2.22. The molecule has 1 aromatic carbocycles. The van der Waals surface area contributed by atoms with Gasteiger partial charge in [0.2, 0.25) is 5.91 Å². The maximum Gasteiger partial charge on any atom is 0.227 e. The topological polar surface area (TPSA) is 59.8 Å². The molecule has 2 atom stereocenters. The van der Waals surface area contributed by atoms with Gasteiger partial charge in [0.05, 0.1) is 5.69 Å². The van der Waals surface area contributed by atoms with Crippen LogP contribution in [0.3, 0.4) is 0 Å². The number of nitrogens with one attached hydrogen (secondary N) is 1. The smallest absolute Gasteiger partial charge is 0.227 e. The van der Waals surface area contributed by atoms with Gasteiger partial charge in [-0.15, -0.1) is 10.2 Å². The average Bonchev–Trinajstić information content (AvgIpc) is 2.89. The van der Waals surface area contributed by atoms with Crippen LogP contribution in [0.5, 0.6) is 0 Å². The number of aryl methyl sites for hydroxylation is 1. The molecule has 2 unspecified atom stereocenters. The first-order valence-electron chi connectivity index (χ1n) is 7.46. The van der Waals surface area contributed by atoms with Gasteiger partial charge in [0.1, 0.15) is 6.33 Å². The molecular weight excluding hydrogens is 264 g/mol. The van der Waals surface area contributed by atoms with Gasteiger partial charge in [-0.2, -0.15) is 0 Å². The number of fused-ring (bicyclic) bond motifs is 1. The minimum atomic E-state index is 0.150. The zero-order valence-electron chi connectivity index (χ0n) is 12.0. The van der Waals surface area contributed by atoms with E-state index in [1.807, 2.05) is 35.9 Å². The molecule has 1 aromatic heterocycles. The van der Waals surface area contributed by atoms with Crippen molar-refractivity contribution in [2.45, 2.75) is 19.3 Å². The van der Waals surface area contributed by atoms with Crippen LogP contribution >= 0.6 is 0 Å². The first-order valence-corrected chi connectivity index (χ1v) is 7.46. The van der Waals surface area contributed by atoms with Gasteiger partial charge in [-0.05, 0) is 43.2 Å². The summed E-state index contributed by atoms with van der Waals surface area (Å²) in [6.07, 6.45) is 5.11. The van der Waals surface area contributed by atoms with Crippen LogP contribution in [0.4, 0.5) is 5.69 Å². The molecule has 21 heavy (non-hydrogen) atoms. The lowest BCUT2D eigenvalue weighted by Gasteiger charge is -2.14. The van der Waals surface area contributed by atoms with Crippen LogP contribution in [-0.2, 0) is 11.8 Å². The van der Waals surface area contributed by atoms with E-state index in [1.165, 1.54) is 6.42 Å². The number of hydrogen-bond donors (Lipinski definition) is 1. The Bertz CT molecular complexity index is 683. The summed E-state index contributed by atoms with van der Waals surface area (Å²) in [5.41, 5.74) is 1.73. The summed E-state index contributed by atoms with van der Waals surface area (Å²) in [7, 11) is 1.90. The number of aromatic nitrogens is 3. The SMILES string of the molecule is Cn1cnnc1-c1ccccc1NC(=O)C1CC2CC2C1. The van der Waals surface area contributed by atoms with Crippen molar-refractivity contribution in [3.05, 3.63) is 30.6 Å². The molecule has 2 aromatic rings. The lowest BCUT2D eigenvalue weighted by molar-refractivity contribution is -0.120. The minimum absolute atomic E-state index is 0.150. The highest BCUT2D eigenvalue weighted by atomic mass is 16.1. The van der Waals surface area contributed by atoms with E-state index in [4.69, 9.17) is 0 Å². The summed E-state index contributed by atoms with van der Waals surface area (Å²) in [6, 6.07) is 7.77. The quantitative estimate of drug-likeness (QED) is 0.940. The van der Waals surface area contributed by atoms with Gasteiger partial charge < -0.3 is 9.88 Å². The van der Waals surface area contributed by atoms with Crippen LogP contribution in [0.25, 0.3) is 11.4 Å². The Balaban J connectivity index is 1.57.